The van der Waals surface area contributed by atoms with E-state index in [9.17, 15) is 14.7 Å². The van der Waals surface area contributed by atoms with E-state index in [1.807, 2.05) is 0 Å². The summed E-state index contributed by atoms with van der Waals surface area (Å²) in [5.74, 6) is -0.273. The van der Waals surface area contributed by atoms with Crippen LogP contribution in [0.5, 0.6) is 5.75 Å². The number of benzene rings is 1. The fourth-order valence-corrected chi connectivity index (χ4v) is 4.04. The van der Waals surface area contributed by atoms with E-state index in [1.54, 1.807) is 11.8 Å². The van der Waals surface area contributed by atoms with Crippen molar-refractivity contribution in [1.29, 1.82) is 0 Å². The number of aryl methyl sites for hydroxylation is 1. The lowest BCUT2D eigenvalue weighted by atomic mass is 9.95. The number of carbonyl (C=O) groups excluding carboxylic acids is 2. The van der Waals surface area contributed by atoms with Crippen LogP contribution >= 0.6 is 11.6 Å². The Bertz CT molecular complexity index is 671. The molecule has 2 N–H and O–H groups in total. The fraction of sp³-hybridized carbons (Fsp3) is 0.579. The summed E-state index contributed by atoms with van der Waals surface area (Å²) in [6.07, 6.45) is 7.11. The van der Waals surface area contributed by atoms with Crippen LogP contribution in [0.25, 0.3) is 0 Å². The van der Waals surface area contributed by atoms with Gasteiger partial charge in [-0.25, -0.2) is 0 Å². The second-order valence-electron chi connectivity index (χ2n) is 7.12. The molecule has 6 heteroatoms. The van der Waals surface area contributed by atoms with Crippen molar-refractivity contribution in [2.45, 2.75) is 64.0 Å². The zero-order chi connectivity index (χ0) is 18.0. The molecule has 1 saturated carbocycles. The van der Waals surface area contributed by atoms with E-state index in [0.717, 1.165) is 32.1 Å². The molecule has 0 unspecified atom stereocenters. The maximum Gasteiger partial charge on any atom is 0.254 e. The molecule has 2 aliphatic rings. The highest BCUT2D eigenvalue weighted by molar-refractivity contribution is 6.32. The first-order chi connectivity index (χ1) is 12.0. The molecule has 1 saturated heterocycles. The molecule has 0 bridgehead atoms. The Hall–Kier alpha value is -1.75. The molecule has 0 spiro atoms. The zero-order valence-corrected chi connectivity index (χ0v) is 15.3. The molecule has 0 radical (unpaired) electrons. The third-order valence-electron chi connectivity index (χ3n) is 5.29. The Morgan fingerprint density at radius 3 is 2.60 bits per heavy atom. The summed E-state index contributed by atoms with van der Waals surface area (Å²) < 4.78 is 0. The van der Waals surface area contributed by atoms with E-state index in [1.165, 1.54) is 18.6 Å². The predicted octanol–water partition coefficient (Wildman–Crippen LogP) is 3.41. The Morgan fingerprint density at radius 1 is 1.16 bits per heavy atom. The van der Waals surface area contributed by atoms with Crippen molar-refractivity contribution in [3.63, 3.8) is 0 Å². The van der Waals surface area contributed by atoms with Crippen molar-refractivity contribution < 1.29 is 14.7 Å². The summed E-state index contributed by atoms with van der Waals surface area (Å²) in [5.41, 5.74) is 1.10. The van der Waals surface area contributed by atoms with Gasteiger partial charge in [-0.1, -0.05) is 30.9 Å². The number of likely N-dealkylation sites (tertiary alicyclic amines) is 1. The van der Waals surface area contributed by atoms with Crippen LogP contribution < -0.4 is 5.32 Å². The normalized spacial score (nSPS) is 21.4. The van der Waals surface area contributed by atoms with Gasteiger partial charge in [0.25, 0.3) is 5.91 Å². The van der Waals surface area contributed by atoms with Crippen LogP contribution in [0, 0.1) is 6.92 Å². The van der Waals surface area contributed by atoms with Gasteiger partial charge in [-0.05, 0) is 50.3 Å². The van der Waals surface area contributed by atoms with Gasteiger partial charge in [0.15, 0.2) is 0 Å². The largest absolute Gasteiger partial charge is 0.506 e. The van der Waals surface area contributed by atoms with Gasteiger partial charge in [0.2, 0.25) is 5.91 Å². The van der Waals surface area contributed by atoms with Crippen molar-refractivity contribution in [3.8, 4) is 5.75 Å². The predicted molar refractivity (Wildman–Crippen MR) is 96.9 cm³/mol. The standard InChI is InChI=1S/C19H25ClN2O3/c1-12-10-17(23)15(20)11-14(12)19(25)22-9-5-8-16(22)18(24)21-13-6-3-2-4-7-13/h10-11,13,16,23H,2-9H2,1H3,(H,21,24)/t16-/m1/s1. The number of phenols is 1. The highest BCUT2D eigenvalue weighted by Crippen LogP contribution is 2.29. The van der Waals surface area contributed by atoms with Gasteiger partial charge in [0, 0.05) is 18.2 Å². The van der Waals surface area contributed by atoms with Crippen molar-refractivity contribution in [3.05, 3.63) is 28.3 Å². The van der Waals surface area contributed by atoms with E-state index in [2.05, 4.69) is 5.32 Å². The highest BCUT2D eigenvalue weighted by atomic mass is 35.5. The van der Waals surface area contributed by atoms with Crippen LogP contribution in [0.2, 0.25) is 5.02 Å². The van der Waals surface area contributed by atoms with E-state index in [0.29, 0.717) is 24.1 Å². The second-order valence-corrected chi connectivity index (χ2v) is 7.53. The van der Waals surface area contributed by atoms with Crippen molar-refractivity contribution in [2.75, 3.05) is 6.54 Å². The summed E-state index contributed by atoms with van der Waals surface area (Å²) in [7, 11) is 0. The minimum atomic E-state index is -0.415. The van der Waals surface area contributed by atoms with Crippen molar-refractivity contribution in [2.24, 2.45) is 0 Å². The number of amides is 2. The lowest BCUT2D eigenvalue weighted by Gasteiger charge is -2.28. The average molecular weight is 365 g/mol. The number of aromatic hydroxyl groups is 1. The van der Waals surface area contributed by atoms with Crippen LogP contribution in [0.4, 0.5) is 0 Å². The van der Waals surface area contributed by atoms with E-state index < -0.39 is 6.04 Å². The molecule has 2 fully saturated rings. The monoisotopic (exact) mass is 364 g/mol. The smallest absolute Gasteiger partial charge is 0.254 e. The number of hydrogen-bond acceptors (Lipinski definition) is 3. The molecule has 136 valence electrons. The molecular weight excluding hydrogens is 340 g/mol. The first kappa shape index (κ1) is 18.1. The molecular formula is C19H25ClN2O3. The molecule has 1 heterocycles. The minimum absolute atomic E-state index is 0.0382. The Balaban J connectivity index is 1.73. The van der Waals surface area contributed by atoms with Crippen LogP contribution in [-0.4, -0.2) is 40.4 Å². The summed E-state index contributed by atoms with van der Waals surface area (Å²) in [6, 6.07) is 2.80. The van der Waals surface area contributed by atoms with Gasteiger partial charge in [0.05, 0.1) is 5.02 Å². The quantitative estimate of drug-likeness (QED) is 0.863. The van der Waals surface area contributed by atoms with Gasteiger partial charge in [-0.15, -0.1) is 0 Å². The maximum atomic E-state index is 12.9. The van der Waals surface area contributed by atoms with E-state index >= 15 is 0 Å². The Labute approximate surface area is 153 Å². The second kappa shape index (κ2) is 7.65. The van der Waals surface area contributed by atoms with Gasteiger partial charge >= 0.3 is 0 Å². The number of hydrogen-bond donors (Lipinski definition) is 2. The Morgan fingerprint density at radius 2 is 1.88 bits per heavy atom. The maximum absolute atomic E-state index is 12.9. The summed E-state index contributed by atoms with van der Waals surface area (Å²) in [5, 5.41) is 13.0. The molecule has 1 aromatic rings. The third-order valence-corrected chi connectivity index (χ3v) is 5.59. The zero-order valence-electron chi connectivity index (χ0n) is 14.6. The van der Waals surface area contributed by atoms with E-state index in [4.69, 9.17) is 11.6 Å². The van der Waals surface area contributed by atoms with Crippen LogP contribution in [0.15, 0.2) is 12.1 Å². The SMILES string of the molecule is Cc1cc(O)c(Cl)cc1C(=O)N1CCC[C@@H]1C(=O)NC1CCCCC1. The summed E-state index contributed by atoms with van der Waals surface area (Å²) in [6.45, 7) is 2.33. The van der Waals surface area contributed by atoms with Crippen LogP contribution in [0.3, 0.4) is 0 Å². The van der Waals surface area contributed by atoms with Gasteiger partial charge in [-0.2, -0.15) is 0 Å². The number of carbonyl (C=O) groups is 2. The van der Waals surface area contributed by atoms with Crippen LogP contribution in [0.1, 0.15) is 60.9 Å². The number of nitrogens with zero attached hydrogens (tertiary/aromatic N) is 1. The number of rotatable bonds is 3. The van der Waals surface area contributed by atoms with Gasteiger partial charge in [0.1, 0.15) is 11.8 Å². The van der Waals surface area contributed by atoms with Gasteiger partial charge in [-0.3, -0.25) is 9.59 Å². The van der Waals surface area contributed by atoms with Gasteiger partial charge < -0.3 is 15.3 Å². The van der Waals surface area contributed by atoms with E-state index in [-0.39, 0.29) is 28.6 Å². The molecule has 5 nitrogen and oxygen atoms in total. The molecule has 2 amide bonds. The Kier molecular flexibility index (Phi) is 5.52. The molecule has 1 aliphatic heterocycles. The van der Waals surface area contributed by atoms with Crippen molar-refractivity contribution in [1.82, 2.24) is 10.2 Å². The first-order valence-corrected chi connectivity index (χ1v) is 9.45. The highest BCUT2D eigenvalue weighted by Gasteiger charge is 2.36. The minimum Gasteiger partial charge on any atom is -0.506 e. The molecule has 1 aromatic carbocycles. The number of phenolic OH excluding ortho intramolecular Hbond substituents is 1. The molecule has 1 atom stereocenters. The molecule has 25 heavy (non-hydrogen) atoms. The van der Waals surface area contributed by atoms with Crippen LogP contribution in [-0.2, 0) is 4.79 Å². The van der Waals surface area contributed by atoms with Crippen molar-refractivity contribution >= 4 is 23.4 Å². The average Bonchev–Trinajstić information content (AvgIpc) is 3.08. The molecule has 0 aromatic heterocycles. The summed E-state index contributed by atoms with van der Waals surface area (Å²) >= 11 is 5.96. The number of nitrogens with one attached hydrogen (secondary N) is 1. The fourth-order valence-electron chi connectivity index (χ4n) is 3.88. The molecule has 3 rings (SSSR count). The molecule has 1 aliphatic carbocycles. The topological polar surface area (TPSA) is 69.6 Å². The lowest BCUT2D eigenvalue weighted by molar-refractivity contribution is -0.125. The first-order valence-electron chi connectivity index (χ1n) is 9.08. The number of halogens is 1. The lowest BCUT2D eigenvalue weighted by Crippen LogP contribution is -2.49. The summed E-state index contributed by atoms with van der Waals surface area (Å²) in [4.78, 5) is 27.3. The third kappa shape index (κ3) is 3.92.